The Morgan fingerprint density at radius 3 is 2.58 bits per heavy atom. The van der Waals surface area contributed by atoms with E-state index in [1.54, 1.807) is 7.11 Å². The normalized spacial score (nSPS) is 12.3. The Balaban J connectivity index is 2.56. The highest BCUT2D eigenvalue weighted by atomic mass is 79.9. The van der Waals surface area contributed by atoms with Gasteiger partial charge in [-0.3, -0.25) is 4.79 Å². The molecule has 1 rings (SSSR count). The molecule has 5 heteroatoms. The van der Waals surface area contributed by atoms with Crippen molar-refractivity contribution in [2.24, 2.45) is 0 Å². The zero-order chi connectivity index (χ0) is 14.4. The number of halogens is 1. The maximum absolute atomic E-state index is 11.6. The van der Waals surface area contributed by atoms with Crippen molar-refractivity contribution in [1.82, 2.24) is 10.6 Å². The topological polar surface area (TPSA) is 50.4 Å². The molecule has 19 heavy (non-hydrogen) atoms. The number of rotatable bonds is 6. The lowest BCUT2D eigenvalue weighted by molar-refractivity contribution is -0.120. The number of carbonyl (C=O) groups is 1. The molecule has 0 bridgehead atoms. The number of ether oxygens (including phenoxy) is 1. The average Bonchev–Trinajstić information content (AvgIpc) is 2.35. The summed E-state index contributed by atoms with van der Waals surface area (Å²) < 4.78 is 6.10. The van der Waals surface area contributed by atoms with Crippen molar-refractivity contribution in [3.63, 3.8) is 0 Å². The number of amides is 1. The van der Waals surface area contributed by atoms with Crippen molar-refractivity contribution in [2.75, 3.05) is 13.7 Å². The van der Waals surface area contributed by atoms with Crippen LogP contribution in [-0.2, 0) is 4.79 Å². The third kappa shape index (κ3) is 5.20. The van der Waals surface area contributed by atoms with Crippen molar-refractivity contribution < 1.29 is 9.53 Å². The van der Waals surface area contributed by atoms with Gasteiger partial charge in [0.1, 0.15) is 5.75 Å². The molecule has 0 saturated carbocycles. The summed E-state index contributed by atoms with van der Waals surface area (Å²) in [6, 6.07) is 6.16. The average molecular weight is 329 g/mol. The first kappa shape index (κ1) is 16.0. The molecule has 0 radical (unpaired) electrons. The predicted molar refractivity (Wildman–Crippen MR) is 80.4 cm³/mol. The second-order valence-electron chi connectivity index (χ2n) is 4.72. The molecule has 0 aliphatic heterocycles. The summed E-state index contributed by atoms with van der Waals surface area (Å²) in [4.78, 5) is 11.6. The van der Waals surface area contributed by atoms with Crippen molar-refractivity contribution in [1.29, 1.82) is 0 Å². The van der Waals surface area contributed by atoms with Gasteiger partial charge in [-0.2, -0.15) is 0 Å². The van der Waals surface area contributed by atoms with E-state index < -0.39 is 0 Å². The van der Waals surface area contributed by atoms with Crippen LogP contribution in [0, 0.1) is 0 Å². The SMILES string of the molecule is COc1ccc(C(C)NCC(=O)NC(C)C)cc1Br. The summed E-state index contributed by atoms with van der Waals surface area (Å²) in [5, 5.41) is 6.04. The molecule has 1 atom stereocenters. The van der Waals surface area contributed by atoms with Crippen LogP contribution in [0.25, 0.3) is 0 Å². The second-order valence-corrected chi connectivity index (χ2v) is 5.57. The van der Waals surface area contributed by atoms with Gasteiger partial charge in [-0.15, -0.1) is 0 Å². The fourth-order valence-corrected chi connectivity index (χ4v) is 2.25. The number of methoxy groups -OCH3 is 1. The number of hydrogen-bond donors (Lipinski definition) is 2. The lowest BCUT2D eigenvalue weighted by Gasteiger charge is -2.16. The lowest BCUT2D eigenvalue weighted by Crippen LogP contribution is -2.38. The molecular weight excluding hydrogens is 308 g/mol. The van der Waals surface area contributed by atoms with Gasteiger partial charge in [-0.05, 0) is 54.4 Å². The molecule has 1 amide bonds. The monoisotopic (exact) mass is 328 g/mol. The molecule has 0 heterocycles. The van der Waals surface area contributed by atoms with Crippen molar-refractivity contribution in [2.45, 2.75) is 32.9 Å². The molecule has 0 aliphatic carbocycles. The maximum Gasteiger partial charge on any atom is 0.234 e. The third-order valence-corrected chi connectivity index (χ3v) is 3.31. The summed E-state index contributed by atoms with van der Waals surface area (Å²) in [6.07, 6.45) is 0. The minimum atomic E-state index is 0.00873. The predicted octanol–water partition coefficient (Wildman–Crippen LogP) is 2.63. The first-order valence-electron chi connectivity index (χ1n) is 6.30. The first-order chi connectivity index (χ1) is 8.93. The van der Waals surface area contributed by atoms with Crippen molar-refractivity contribution >= 4 is 21.8 Å². The molecule has 2 N–H and O–H groups in total. The standard InChI is InChI=1S/C14H21BrN2O2/c1-9(2)17-14(18)8-16-10(3)11-5-6-13(19-4)12(15)7-11/h5-7,9-10,16H,8H2,1-4H3,(H,17,18). The third-order valence-electron chi connectivity index (χ3n) is 2.69. The highest BCUT2D eigenvalue weighted by Gasteiger charge is 2.10. The zero-order valence-corrected chi connectivity index (χ0v) is 13.4. The molecule has 1 aromatic rings. The highest BCUT2D eigenvalue weighted by Crippen LogP contribution is 2.27. The van der Waals surface area contributed by atoms with E-state index in [1.807, 2.05) is 39.0 Å². The van der Waals surface area contributed by atoms with Gasteiger partial charge in [0.2, 0.25) is 5.91 Å². The molecule has 1 aromatic carbocycles. The van der Waals surface area contributed by atoms with Gasteiger partial charge in [0.05, 0.1) is 18.1 Å². The molecule has 0 saturated heterocycles. The minimum Gasteiger partial charge on any atom is -0.496 e. The Kier molecular flexibility index (Phi) is 6.31. The van der Waals surface area contributed by atoms with Crippen LogP contribution in [0.5, 0.6) is 5.75 Å². The Hall–Kier alpha value is -1.07. The van der Waals surface area contributed by atoms with Crippen LogP contribution in [-0.4, -0.2) is 25.6 Å². The zero-order valence-electron chi connectivity index (χ0n) is 11.8. The quantitative estimate of drug-likeness (QED) is 0.844. The largest absolute Gasteiger partial charge is 0.496 e. The van der Waals surface area contributed by atoms with E-state index in [0.717, 1.165) is 15.8 Å². The lowest BCUT2D eigenvalue weighted by atomic mass is 10.1. The van der Waals surface area contributed by atoms with Crippen LogP contribution >= 0.6 is 15.9 Å². The van der Waals surface area contributed by atoms with E-state index in [2.05, 4.69) is 26.6 Å². The molecule has 0 fully saturated rings. The summed E-state index contributed by atoms with van der Waals surface area (Å²) in [5.74, 6) is 0.808. The van der Waals surface area contributed by atoms with E-state index in [1.165, 1.54) is 0 Å². The molecule has 4 nitrogen and oxygen atoms in total. The maximum atomic E-state index is 11.6. The van der Waals surface area contributed by atoms with Gasteiger partial charge in [-0.25, -0.2) is 0 Å². The fourth-order valence-electron chi connectivity index (χ4n) is 1.69. The number of hydrogen-bond acceptors (Lipinski definition) is 3. The number of carbonyl (C=O) groups excluding carboxylic acids is 1. The molecule has 1 unspecified atom stereocenters. The number of nitrogens with one attached hydrogen (secondary N) is 2. The Labute approximate surface area is 123 Å². The smallest absolute Gasteiger partial charge is 0.234 e. The Morgan fingerprint density at radius 1 is 1.37 bits per heavy atom. The van der Waals surface area contributed by atoms with E-state index in [-0.39, 0.29) is 18.0 Å². The van der Waals surface area contributed by atoms with E-state index in [9.17, 15) is 4.79 Å². The van der Waals surface area contributed by atoms with Crippen LogP contribution in [0.3, 0.4) is 0 Å². The Morgan fingerprint density at radius 2 is 2.05 bits per heavy atom. The highest BCUT2D eigenvalue weighted by molar-refractivity contribution is 9.10. The van der Waals surface area contributed by atoms with E-state index >= 15 is 0 Å². The van der Waals surface area contributed by atoms with Crippen LogP contribution in [0.2, 0.25) is 0 Å². The summed E-state index contributed by atoms with van der Waals surface area (Å²) in [7, 11) is 1.64. The fraction of sp³-hybridized carbons (Fsp3) is 0.500. The van der Waals surface area contributed by atoms with Gasteiger partial charge >= 0.3 is 0 Å². The van der Waals surface area contributed by atoms with Gasteiger partial charge in [0, 0.05) is 12.1 Å². The summed E-state index contributed by atoms with van der Waals surface area (Å²) in [5.41, 5.74) is 1.10. The number of benzene rings is 1. The minimum absolute atomic E-state index is 0.00873. The van der Waals surface area contributed by atoms with E-state index in [0.29, 0.717) is 6.54 Å². The summed E-state index contributed by atoms with van der Waals surface area (Å²) in [6.45, 7) is 6.23. The van der Waals surface area contributed by atoms with Crippen LogP contribution in [0.4, 0.5) is 0 Å². The van der Waals surface area contributed by atoms with Gasteiger partial charge in [0.15, 0.2) is 0 Å². The van der Waals surface area contributed by atoms with Gasteiger partial charge in [-0.1, -0.05) is 6.07 Å². The molecule has 0 aromatic heterocycles. The molecule has 0 spiro atoms. The van der Waals surface area contributed by atoms with Crippen molar-refractivity contribution in [3.05, 3.63) is 28.2 Å². The molecule has 0 aliphatic rings. The molecular formula is C14H21BrN2O2. The van der Waals surface area contributed by atoms with Gasteiger partial charge in [0.25, 0.3) is 0 Å². The van der Waals surface area contributed by atoms with Crippen LogP contribution in [0.15, 0.2) is 22.7 Å². The van der Waals surface area contributed by atoms with Gasteiger partial charge < -0.3 is 15.4 Å². The molecule has 106 valence electrons. The second kappa shape index (κ2) is 7.50. The van der Waals surface area contributed by atoms with Crippen molar-refractivity contribution in [3.8, 4) is 5.75 Å². The van der Waals surface area contributed by atoms with E-state index in [4.69, 9.17) is 4.74 Å². The summed E-state index contributed by atoms with van der Waals surface area (Å²) >= 11 is 3.46. The Bertz CT molecular complexity index is 435. The first-order valence-corrected chi connectivity index (χ1v) is 7.09. The van der Waals surface area contributed by atoms with Crippen LogP contribution in [0.1, 0.15) is 32.4 Å². The van der Waals surface area contributed by atoms with Crippen LogP contribution < -0.4 is 15.4 Å².